The van der Waals surface area contributed by atoms with Crippen molar-refractivity contribution in [3.8, 4) is 0 Å². The molecule has 106 valence electrons. The molecule has 0 aromatic carbocycles. The van der Waals surface area contributed by atoms with Gasteiger partial charge in [0.1, 0.15) is 11.5 Å². The molecule has 0 radical (unpaired) electrons. The molecule has 0 spiro atoms. The molecule has 2 N–H and O–H groups in total. The van der Waals surface area contributed by atoms with Crippen LogP contribution in [0.4, 0.5) is 0 Å². The van der Waals surface area contributed by atoms with E-state index in [1.165, 1.54) is 0 Å². The summed E-state index contributed by atoms with van der Waals surface area (Å²) in [6.07, 6.45) is 1.87. The molecule has 19 heavy (non-hydrogen) atoms. The van der Waals surface area contributed by atoms with Crippen LogP contribution in [-0.4, -0.2) is 25.5 Å². The summed E-state index contributed by atoms with van der Waals surface area (Å²) in [5.41, 5.74) is -0.170. The Kier molecular flexibility index (Phi) is 4.30. The summed E-state index contributed by atoms with van der Waals surface area (Å²) in [6.45, 7) is 8.62. The van der Waals surface area contributed by atoms with Crippen LogP contribution in [0, 0.1) is 12.8 Å². The molecule has 2 heterocycles. The molecular weight excluding hydrogens is 240 g/mol. The maximum absolute atomic E-state index is 12.1. The molecule has 1 saturated heterocycles. The van der Waals surface area contributed by atoms with E-state index in [1.807, 2.05) is 19.1 Å². The van der Waals surface area contributed by atoms with Crippen molar-refractivity contribution >= 4 is 5.91 Å². The first kappa shape index (κ1) is 14.1. The number of aryl methyl sites for hydroxylation is 1. The minimum absolute atomic E-state index is 0.162. The quantitative estimate of drug-likeness (QED) is 0.874. The van der Waals surface area contributed by atoms with Gasteiger partial charge in [0.2, 0.25) is 5.91 Å². The average molecular weight is 264 g/mol. The highest BCUT2D eigenvalue weighted by molar-refractivity contribution is 5.78. The van der Waals surface area contributed by atoms with Crippen molar-refractivity contribution in [2.24, 2.45) is 5.92 Å². The van der Waals surface area contributed by atoms with Gasteiger partial charge in [0.15, 0.2) is 0 Å². The Morgan fingerprint density at radius 1 is 1.42 bits per heavy atom. The van der Waals surface area contributed by atoms with Gasteiger partial charge in [-0.3, -0.25) is 4.79 Å². The first-order chi connectivity index (χ1) is 8.99. The maximum atomic E-state index is 12.1. The van der Waals surface area contributed by atoms with Gasteiger partial charge in [-0.25, -0.2) is 0 Å². The van der Waals surface area contributed by atoms with Crippen molar-refractivity contribution in [3.05, 3.63) is 23.7 Å². The predicted octanol–water partition coefficient (Wildman–Crippen LogP) is 1.98. The second-order valence-corrected chi connectivity index (χ2v) is 6.04. The second-order valence-electron chi connectivity index (χ2n) is 6.04. The van der Waals surface area contributed by atoms with Crippen molar-refractivity contribution in [1.29, 1.82) is 0 Å². The van der Waals surface area contributed by atoms with Crippen molar-refractivity contribution in [2.45, 2.75) is 39.0 Å². The minimum Gasteiger partial charge on any atom is -0.466 e. The van der Waals surface area contributed by atoms with Gasteiger partial charge >= 0.3 is 0 Å². The van der Waals surface area contributed by atoms with Gasteiger partial charge < -0.3 is 15.1 Å². The van der Waals surface area contributed by atoms with Crippen LogP contribution in [0.25, 0.3) is 0 Å². The van der Waals surface area contributed by atoms with E-state index in [0.717, 1.165) is 37.5 Å². The average Bonchev–Trinajstić information content (AvgIpc) is 2.85. The predicted molar refractivity (Wildman–Crippen MR) is 75.1 cm³/mol. The first-order valence-corrected chi connectivity index (χ1v) is 7.04. The minimum atomic E-state index is -0.170. The molecule has 1 aromatic rings. The topological polar surface area (TPSA) is 54.3 Å². The Bertz CT molecular complexity index is 431. The molecular formula is C15H24N2O2. The summed E-state index contributed by atoms with van der Waals surface area (Å²) in [6, 6.07) is 3.96. The van der Waals surface area contributed by atoms with E-state index in [0.29, 0.717) is 6.54 Å². The molecule has 1 aliphatic heterocycles. The summed E-state index contributed by atoms with van der Waals surface area (Å²) in [5, 5.41) is 6.35. The van der Waals surface area contributed by atoms with Crippen LogP contribution in [0.2, 0.25) is 0 Å². The molecule has 1 fully saturated rings. The first-order valence-electron chi connectivity index (χ1n) is 7.04. The van der Waals surface area contributed by atoms with Crippen LogP contribution >= 0.6 is 0 Å². The molecule has 1 aromatic heterocycles. The molecule has 4 nitrogen and oxygen atoms in total. The summed E-state index contributed by atoms with van der Waals surface area (Å²) >= 11 is 0. The fourth-order valence-electron chi connectivity index (χ4n) is 2.42. The van der Waals surface area contributed by atoms with Crippen LogP contribution in [0.5, 0.6) is 0 Å². The van der Waals surface area contributed by atoms with Gasteiger partial charge in [-0.2, -0.15) is 0 Å². The molecule has 1 aliphatic rings. The Hall–Kier alpha value is -1.29. The Labute approximate surface area is 114 Å². The third-order valence-corrected chi connectivity index (χ3v) is 3.82. The molecule has 2 rings (SSSR count). The van der Waals surface area contributed by atoms with Crippen LogP contribution in [0.15, 0.2) is 16.5 Å². The van der Waals surface area contributed by atoms with Gasteiger partial charge in [0, 0.05) is 17.9 Å². The largest absolute Gasteiger partial charge is 0.466 e. The summed E-state index contributed by atoms with van der Waals surface area (Å²) in [4.78, 5) is 12.1. The Morgan fingerprint density at radius 3 is 2.68 bits per heavy atom. The Morgan fingerprint density at radius 2 is 2.11 bits per heavy atom. The zero-order chi connectivity index (χ0) is 13.9. The molecule has 0 bridgehead atoms. The lowest BCUT2D eigenvalue weighted by Crippen LogP contribution is -2.42. The summed E-state index contributed by atoms with van der Waals surface area (Å²) in [5.74, 6) is 2.18. The number of amides is 1. The van der Waals surface area contributed by atoms with Crippen LogP contribution in [0.1, 0.15) is 38.2 Å². The highest BCUT2D eigenvalue weighted by Gasteiger charge is 2.27. The lowest BCUT2D eigenvalue weighted by molar-refractivity contribution is -0.126. The standard InChI is InChI=1S/C15H24N2O2/c1-11-4-5-13(19-11)15(2,3)10-17-14(18)12-6-8-16-9-7-12/h4-5,12,16H,6-10H2,1-3H3,(H,17,18). The molecule has 0 unspecified atom stereocenters. The number of furan rings is 1. The second kappa shape index (κ2) is 5.78. The highest BCUT2D eigenvalue weighted by atomic mass is 16.3. The van der Waals surface area contributed by atoms with E-state index in [1.54, 1.807) is 0 Å². The number of rotatable bonds is 4. The van der Waals surface area contributed by atoms with Gasteiger partial charge in [0.05, 0.1) is 0 Å². The Balaban J connectivity index is 1.88. The lowest BCUT2D eigenvalue weighted by atomic mass is 9.89. The van der Waals surface area contributed by atoms with E-state index in [2.05, 4.69) is 24.5 Å². The zero-order valence-corrected chi connectivity index (χ0v) is 12.1. The van der Waals surface area contributed by atoms with E-state index in [4.69, 9.17) is 4.42 Å². The van der Waals surface area contributed by atoms with Crippen molar-refractivity contribution in [3.63, 3.8) is 0 Å². The van der Waals surface area contributed by atoms with Crippen LogP contribution in [-0.2, 0) is 10.2 Å². The number of carbonyl (C=O) groups is 1. The molecule has 1 amide bonds. The third-order valence-electron chi connectivity index (χ3n) is 3.82. The number of piperidine rings is 1. The van der Waals surface area contributed by atoms with Crippen molar-refractivity contribution in [1.82, 2.24) is 10.6 Å². The van der Waals surface area contributed by atoms with Crippen molar-refractivity contribution in [2.75, 3.05) is 19.6 Å². The van der Waals surface area contributed by atoms with E-state index in [-0.39, 0.29) is 17.2 Å². The SMILES string of the molecule is Cc1ccc(C(C)(C)CNC(=O)C2CCNCC2)o1. The fraction of sp³-hybridized carbons (Fsp3) is 0.667. The summed E-state index contributed by atoms with van der Waals surface area (Å²) < 4.78 is 5.66. The maximum Gasteiger partial charge on any atom is 0.223 e. The zero-order valence-electron chi connectivity index (χ0n) is 12.1. The lowest BCUT2D eigenvalue weighted by Gasteiger charge is -2.26. The van der Waals surface area contributed by atoms with Crippen LogP contribution < -0.4 is 10.6 Å². The number of hydrogen-bond donors (Lipinski definition) is 2. The summed E-state index contributed by atoms with van der Waals surface area (Å²) in [7, 11) is 0. The smallest absolute Gasteiger partial charge is 0.223 e. The molecule has 0 atom stereocenters. The normalized spacial score (nSPS) is 17.4. The van der Waals surface area contributed by atoms with Crippen molar-refractivity contribution < 1.29 is 9.21 Å². The number of carbonyl (C=O) groups excluding carboxylic acids is 1. The molecule has 4 heteroatoms. The number of hydrogen-bond acceptors (Lipinski definition) is 3. The highest BCUT2D eigenvalue weighted by Crippen LogP contribution is 2.24. The van der Waals surface area contributed by atoms with Gasteiger partial charge in [-0.05, 0) is 45.0 Å². The van der Waals surface area contributed by atoms with E-state index in [9.17, 15) is 4.79 Å². The van der Waals surface area contributed by atoms with Gasteiger partial charge in [-0.1, -0.05) is 13.8 Å². The molecule has 0 aliphatic carbocycles. The number of nitrogens with one attached hydrogen (secondary N) is 2. The third kappa shape index (κ3) is 3.60. The van der Waals surface area contributed by atoms with E-state index < -0.39 is 0 Å². The van der Waals surface area contributed by atoms with Gasteiger partial charge in [0.25, 0.3) is 0 Å². The van der Waals surface area contributed by atoms with E-state index >= 15 is 0 Å². The monoisotopic (exact) mass is 264 g/mol. The van der Waals surface area contributed by atoms with Crippen LogP contribution in [0.3, 0.4) is 0 Å². The van der Waals surface area contributed by atoms with Gasteiger partial charge in [-0.15, -0.1) is 0 Å². The fourth-order valence-corrected chi connectivity index (χ4v) is 2.42. The molecule has 0 saturated carbocycles.